The number of hydrogen-bond acceptors (Lipinski definition) is 2. The van der Waals surface area contributed by atoms with Crippen LogP contribution in [0.5, 0.6) is 0 Å². The molecule has 0 aromatic heterocycles. The lowest BCUT2D eigenvalue weighted by atomic mass is 10.0. The quantitative estimate of drug-likeness (QED) is 0.318. The fraction of sp³-hybridized carbons (Fsp3) is 0.333. The van der Waals surface area contributed by atoms with Crippen LogP contribution in [0.4, 0.5) is 5.69 Å². The van der Waals surface area contributed by atoms with Crippen molar-refractivity contribution < 1.29 is 4.79 Å². The number of halogens is 1. The summed E-state index contributed by atoms with van der Waals surface area (Å²) in [7, 11) is 0. The Labute approximate surface area is 179 Å². The molecule has 0 fully saturated rings. The maximum absolute atomic E-state index is 11.2. The molecule has 1 atom stereocenters. The molecule has 2 aromatic rings. The average Bonchev–Trinajstić information content (AvgIpc) is 2.64. The molecule has 1 amide bonds. The lowest BCUT2D eigenvalue weighted by Crippen LogP contribution is -2.39. The van der Waals surface area contributed by atoms with Crippen molar-refractivity contribution in [2.75, 3.05) is 18.4 Å². The van der Waals surface area contributed by atoms with E-state index < -0.39 is 0 Å². The van der Waals surface area contributed by atoms with Gasteiger partial charge in [0.1, 0.15) is 0 Å². The number of benzene rings is 2. The van der Waals surface area contributed by atoms with Gasteiger partial charge in [0.25, 0.3) is 0 Å². The van der Waals surface area contributed by atoms with Crippen LogP contribution >= 0.6 is 24.0 Å². The van der Waals surface area contributed by atoms with Gasteiger partial charge in [0, 0.05) is 25.7 Å². The van der Waals surface area contributed by atoms with Crippen molar-refractivity contribution >= 4 is 41.5 Å². The number of rotatable bonds is 7. The van der Waals surface area contributed by atoms with Gasteiger partial charge in [0.15, 0.2) is 5.96 Å². The molecule has 0 bridgehead atoms. The highest BCUT2D eigenvalue weighted by Gasteiger charge is 2.06. The van der Waals surface area contributed by atoms with E-state index in [2.05, 4.69) is 59.1 Å². The summed E-state index contributed by atoms with van der Waals surface area (Å²) in [5.41, 5.74) is 3.14. The molecule has 0 aliphatic heterocycles. The molecule has 6 heteroatoms. The third-order valence-electron chi connectivity index (χ3n) is 3.96. The molecular weight excluding hydrogens is 451 g/mol. The van der Waals surface area contributed by atoms with Gasteiger partial charge in [-0.25, -0.2) is 4.99 Å². The van der Waals surface area contributed by atoms with Gasteiger partial charge in [-0.3, -0.25) is 4.79 Å². The molecule has 3 N–H and O–H groups in total. The van der Waals surface area contributed by atoms with Gasteiger partial charge in [-0.2, -0.15) is 0 Å². The predicted octanol–water partition coefficient (Wildman–Crippen LogP) is 4.12. The van der Waals surface area contributed by atoms with Crippen molar-refractivity contribution in [1.82, 2.24) is 10.6 Å². The molecule has 27 heavy (non-hydrogen) atoms. The summed E-state index contributed by atoms with van der Waals surface area (Å²) in [4.78, 5) is 15.8. The molecule has 5 nitrogen and oxygen atoms in total. The molecule has 0 heterocycles. The first-order valence-corrected chi connectivity index (χ1v) is 9.02. The average molecular weight is 480 g/mol. The Bertz CT molecular complexity index is 734. The van der Waals surface area contributed by atoms with Gasteiger partial charge in [-0.1, -0.05) is 49.4 Å². The standard InChI is InChI=1S/C21H28N4O.HI/c1-4-22-21(23-14-16(2)19-10-6-5-7-11-19)24-15-18-9-8-12-20(13-18)25-17(3)26;/h5-13,16H,4,14-15H2,1-3H3,(H,25,26)(H2,22,23,24);1H. The first-order chi connectivity index (χ1) is 12.6. The van der Waals surface area contributed by atoms with Crippen molar-refractivity contribution in [1.29, 1.82) is 0 Å². The zero-order valence-corrected chi connectivity index (χ0v) is 18.5. The Hall–Kier alpha value is -2.09. The number of hydrogen-bond donors (Lipinski definition) is 3. The Morgan fingerprint density at radius 2 is 1.81 bits per heavy atom. The SMILES string of the molecule is CCNC(=NCc1cccc(NC(C)=O)c1)NCC(C)c1ccccc1.I. The van der Waals surface area contributed by atoms with E-state index >= 15 is 0 Å². The molecular formula is C21H29IN4O. The van der Waals surface area contributed by atoms with Crippen LogP contribution in [0.1, 0.15) is 37.8 Å². The number of nitrogens with one attached hydrogen (secondary N) is 3. The number of guanidine groups is 1. The molecule has 0 spiro atoms. The lowest BCUT2D eigenvalue weighted by molar-refractivity contribution is -0.114. The van der Waals surface area contributed by atoms with Crippen LogP contribution in [0, 0.1) is 0 Å². The van der Waals surface area contributed by atoms with Gasteiger partial charge < -0.3 is 16.0 Å². The largest absolute Gasteiger partial charge is 0.357 e. The van der Waals surface area contributed by atoms with Crippen molar-refractivity contribution in [3.8, 4) is 0 Å². The van der Waals surface area contributed by atoms with E-state index in [4.69, 9.17) is 0 Å². The third kappa shape index (κ3) is 8.43. The monoisotopic (exact) mass is 480 g/mol. The maximum Gasteiger partial charge on any atom is 0.221 e. The molecule has 0 aliphatic carbocycles. The lowest BCUT2D eigenvalue weighted by Gasteiger charge is -2.16. The molecule has 1 unspecified atom stereocenters. The molecule has 2 aromatic carbocycles. The van der Waals surface area contributed by atoms with Crippen LogP contribution in [0.25, 0.3) is 0 Å². The van der Waals surface area contributed by atoms with Crippen LogP contribution < -0.4 is 16.0 Å². The maximum atomic E-state index is 11.2. The summed E-state index contributed by atoms with van der Waals surface area (Å²) in [5.74, 6) is 1.11. The minimum Gasteiger partial charge on any atom is -0.357 e. The zero-order chi connectivity index (χ0) is 18.8. The Balaban J connectivity index is 0.00000364. The van der Waals surface area contributed by atoms with Crippen molar-refractivity contribution in [3.63, 3.8) is 0 Å². The smallest absolute Gasteiger partial charge is 0.221 e. The van der Waals surface area contributed by atoms with E-state index in [1.807, 2.05) is 30.3 Å². The van der Waals surface area contributed by atoms with Crippen molar-refractivity contribution in [3.05, 3.63) is 65.7 Å². The second-order valence-corrected chi connectivity index (χ2v) is 6.27. The summed E-state index contributed by atoms with van der Waals surface area (Å²) >= 11 is 0. The van der Waals surface area contributed by atoms with Gasteiger partial charge in [-0.05, 0) is 36.1 Å². The minimum absolute atomic E-state index is 0. The fourth-order valence-electron chi connectivity index (χ4n) is 2.61. The van der Waals surface area contributed by atoms with E-state index in [1.165, 1.54) is 12.5 Å². The molecule has 0 saturated heterocycles. The molecule has 0 radical (unpaired) electrons. The molecule has 146 valence electrons. The highest BCUT2D eigenvalue weighted by molar-refractivity contribution is 14.0. The first-order valence-electron chi connectivity index (χ1n) is 9.02. The topological polar surface area (TPSA) is 65.5 Å². The number of nitrogens with zero attached hydrogens (tertiary/aromatic N) is 1. The van der Waals surface area contributed by atoms with E-state index in [-0.39, 0.29) is 29.9 Å². The van der Waals surface area contributed by atoms with E-state index in [0.717, 1.165) is 30.3 Å². The summed E-state index contributed by atoms with van der Waals surface area (Å²) in [6, 6.07) is 18.2. The fourth-order valence-corrected chi connectivity index (χ4v) is 2.61. The highest BCUT2D eigenvalue weighted by Crippen LogP contribution is 2.13. The summed E-state index contributed by atoms with van der Waals surface area (Å²) < 4.78 is 0. The summed E-state index contributed by atoms with van der Waals surface area (Å²) in [6.45, 7) is 7.91. The summed E-state index contributed by atoms with van der Waals surface area (Å²) in [5, 5.41) is 9.48. The second-order valence-electron chi connectivity index (χ2n) is 6.27. The van der Waals surface area contributed by atoms with E-state index in [0.29, 0.717) is 12.5 Å². The molecule has 0 saturated carbocycles. The number of carbonyl (C=O) groups is 1. The molecule has 2 rings (SSSR count). The van der Waals surface area contributed by atoms with Crippen LogP contribution in [-0.4, -0.2) is 25.0 Å². The van der Waals surface area contributed by atoms with Gasteiger partial charge >= 0.3 is 0 Å². The second kappa shape index (κ2) is 12.3. The van der Waals surface area contributed by atoms with E-state index in [1.54, 1.807) is 0 Å². The Kier molecular flexibility index (Phi) is 10.5. The minimum atomic E-state index is -0.0736. The van der Waals surface area contributed by atoms with Crippen LogP contribution in [0.2, 0.25) is 0 Å². The third-order valence-corrected chi connectivity index (χ3v) is 3.96. The van der Waals surface area contributed by atoms with Crippen molar-refractivity contribution in [2.45, 2.75) is 33.2 Å². The van der Waals surface area contributed by atoms with Crippen LogP contribution in [0.15, 0.2) is 59.6 Å². The van der Waals surface area contributed by atoms with Gasteiger partial charge in [-0.15, -0.1) is 24.0 Å². The number of amides is 1. The van der Waals surface area contributed by atoms with Crippen LogP contribution in [-0.2, 0) is 11.3 Å². The van der Waals surface area contributed by atoms with Gasteiger partial charge in [0.05, 0.1) is 6.54 Å². The Morgan fingerprint density at radius 1 is 1.07 bits per heavy atom. The Morgan fingerprint density at radius 3 is 2.48 bits per heavy atom. The molecule has 0 aliphatic rings. The van der Waals surface area contributed by atoms with E-state index in [9.17, 15) is 4.79 Å². The highest BCUT2D eigenvalue weighted by atomic mass is 127. The predicted molar refractivity (Wildman–Crippen MR) is 124 cm³/mol. The number of carbonyl (C=O) groups excluding carboxylic acids is 1. The van der Waals surface area contributed by atoms with Crippen LogP contribution in [0.3, 0.4) is 0 Å². The summed E-state index contributed by atoms with van der Waals surface area (Å²) in [6.07, 6.45) is 0. The van der Waals surface area contributed by atoms with Gasteiger partial charge in [0.2, 0.25) is 5.91 Å². The first kappa shape index (κ1) is 23.0. The number of aliphatic imine (C=N–C) groups is 1. The number of anilines is 1. The normalized spacial score (nSPS) is 11.9. The van der Waals surface area contributed by atoms with Crippen molar-refractivity contribution in [2.24, 2.45) is 4.99 Å². The zero-order valence-electron chi connectivity index (χ0n) is 16.2.